The van der Waals surface area contributed by atoms with Crippen molar-refractivity contribution in [2.45, 2.75) is 90.5 Å². The first-order valence-electron chi connectivity index (χ1n) is 12.6. The lowest BCUT2D eigenvalue weighted by Gasteiger charge is -2.29. The Labute approximate surface area is 213 Å². The minimum absolute atomic E-state index is 0.0309. The molecule has 1 aromatic heterocycles. The van der Waals surface area contributed by atoms with Crippen LogP contribution in [0.1, 0.15) is 76.2 Å². The Balaban J connectivity index is 1.49. The van der Waals surface area contributed by atoms with E-state index in [0.717, 1.165) is 23.3 Å². The van der Waals surface area contributed by atoms with Crippen molar-refractivity contribution in [3.05, 3.63) is 35.2 Å². The molecule has 2 aromatic rings. The van der Waals surface area contributed by atoms with E-state index >= 15 is 0 Å². The van der Waals surface area contributed by atoms with Crippen molar-refractivity contribution in [1.29, 1.82) is 0 Å². The van der Waals surface area contributed by atoms with Gasteiger partial charge in [0, 0.05) is 12.6 Å². The van der Waals surface area contributed by atoms with E-state index in [1.807, 2.05) is 30.5 Å². The number of nitrogens with one attached hydrogen (secondary N) is 2. The van der Waals surface area contributed by atoms with Gasteiger partial charge in [-0.3, -0.25) is 9.59 Å². The fourth-order valence-corrected chi connectivity index (χ4v) is 5.23. The fraction of sp³-hybridized carbons (Fsp3) is 0.615. The van der Waals surface area contributed by atoms with Crippen molar-refractivity contribution >= 4 is 23.6 Å². The number of carbonyl (C=O) groups excluding carboxylic acids is 2. The number of carbonyl (C=O) groups is 2. The molecule has 1 aliphatic carbocycles. The molecule has 1 aromatic carbocycles. The van der Waals surface area contributed by atoms with E-state index in [0.29, 0.717) is 35.1 Å². The molecular weight excluding hydrogens is 462 g/mol. The lowest BCUT2D eigenvalue weighted by Crippen LogP contribution is -2.41. The van der Waals surface area contributed by atoms with E-state index in [-0.39, 0.29) is 31.0 Å². The third-order valence-electron chi connectivity index (χ3n) is 6.49. The van der Waals surface area contributed by atoms with E-state index in [4.69, 9.17) is 4.74 Å². The van der Waals surface area contributed by atoms with Crippen molar-refractivity contribution in [3.8, 4) is 5.75 Å². The molecule has 0 bridgehead atoms. The summed E-state index contributed by atoms with van der Waals surface area (Å²) >= 11 is 1.38. The van der Waals surface area contributed by atoms with Crippen LogP contribution < -0.4 is 15.4 Å². The second kappa shape index (κ2) is 13.0. The first kappa shape index (κ1) is 27.0. The molecule has 0 radical (unpaired) electrons. The Bertz CT molecular complexity index is 1010. The molecule has 2 N–H and O–H groups in total. The summed E-state index contributed by atoms with van der Waals surface area (Å²) in [5, 5.41) is 15.2. The normalized spacial score (nSPS) is 17.9. The maximum absolute atomic E-state index is 12.5. The summed E-state index contributed by atoms with van der Waals surface area (Å²) in [5.74, 6) is 2.34. The molecule has 192 valence electrons. The van der Waals surface area contributed by atoms with Crippen molar-refractivity contribution in [2.75, 3.05) is 12.4 Å². The molecule has 3 rings (SSSR count). The maximum atomic E-state index is 12.5. The SMILES string of the molecule is CCn1c(CNC(=O)COc2cc(C)ccc2C(C)C)nnc1SCC(=O)N[C@@H]1CCCC[C@@H]1C. The van der Waals surface area contributed by atoms with Gasteiger partial charge in [-0.05, 0) is 55.7 Å². The van der Waals surface area contributed by atoms with Gasteiger partial charge in [-0.15, -0.1) is 10.2 Å². The molecule has 1 fully saturated rings. The summed E-state index contributed by atoms with van der Waals surface area (Å²) in [6, 6.07) is 6.33. The standard InChI is InChI=1S/C26H39N5O3S/c1-6-31-23(14-27-24(32)15-34-22-13-18(4)11-12-20(22)17(2)3)29-30-26(31)35-16-25(33)28-21-10-8-7-9-19(21)5/h11-13,17,19,21H,6-10,14-16H2,1-5H3,(H,27,32)(H,28,33)/t19-,21+/m0/s1. The summed E-state index contributed by atoms with van der Waals surface area (Å²) < 4.78 is 7.75. The number of thioether (sulfide) groups is 1. The van der Waals surface area contributed by atoms with Gasteiger partial charge in [0.05, 0.1) is 12.3 Å². The number of aromatic nitrogens is 3. The summed E-state index contributed by atoms with van der Waals surface area (Å²) in [6.07, 6.45) is 4.65. The zero-order chi connectivity index (χ0) is 25.4. The lowest BCUT2D eigenvalue weighted by atomic mass is 9.86. The highest BCUT2D eigenvalue weighted by Crippen LogP contribution is 2.27. The molecule has 0 saturated heterocycles. The number of hydrogen-bond acceptors (Lipinski definition) is 6. The van der Waals surface area contributed by atoms with E-state index in [2.05, 4.69) is 47.7 Å². The molecular formula is C26H39N5O3S. The molecule has 0 unspecified atom stereocenters. The van der Waals surface area contributed by atoms with Crippen molar-refractivity contribution in [1.82, 2.24) is 25.4 Å². The Kier molecular flexibility index (Phi) is 10.0. The van der Waals surface area contributed by atoms with Gasteiger partial charge in [-0.25, -0.2) is 0 Å². The van der Waals surface area contributed by atoms with E-state index in [1.165, 1.54) is 31.0 Å². The van der Waals surface area contributed by atoms with Crippen molar-refractivity contribution in [3.63, 3.8) is 0 Å². The quantitative estimate of drug-likeness (QED) is 0.448. The Morgan fingerprint density at radius 1 is 1.20 bits per heavy atom. The highest BCUT2D eigenvalue weighted by atomic mass is 32.2. The van der Waals surface area contributed by atoms with Gasteiger partial charge in [0.15, 0.2) is 17.6 Å². The number of ether oxygens (including phenoxy) is 1. The minimum Gasteiger partial charge on any atom is -0.483 e. The number of aryl methyl sites for hydroxylation is 1. The average Bonchev–Trinajstić information content (AvgIpc) is 3.23. The summed E-state index contributed by atoms with van der Waals surface area (Å²) in [6.45, 7) is 11.3. The zero-order valence-electron chi connectivity index (χ0n) is 21.6. The van der Waals surface area contributed by atoms with Crippen LogP contribution >= 0.6 is 11.8 Å². The molecule has 2 amide bonds. The van der Waals surface area contributed by atoms with Crippen LogP contribution in [0.15, 0.2) is 23.4 Å². The third-order valence-corrected chi connectivity index (χ3v) is 7.46. The molecule has 0 aliphatic heterocycles. The van der Waals surface area contributed by atoms with Crippen LogP contribution in [-0.2, 0) is 22.7 Å². The molecule has 8 nitrogen and oxygen atoms in total. The van der Waals surface area contributed by atoms with Gasteiger partial charge in [-0.2, -0.15) is 0 Å². The largest absolute Gasteiger partial charge is 0.483 e. The van der Waals surface area contributed by atoms with Crippen LogP contribution in [0.5, 0.6) is 5.75 Å². The van der Waals surface area contributed by atoms with Gasteiger partial charge in [-0.1, -0.05) is 57.5 Å². The second-order valence-corrected chi connectivity index (χ2v) is 10.6. The first-order valence-corrected chi connectivity index (χ1v) is 13.6. The summed E-state index contributed by atoms with van der Waals surface area (Å²) in [7, 11) is 0. The van der Waals surface area contributed by atoms with Gasteiger partial charge >= 0.3 is 0 Å². The van der Waals surface area contributed by atoms with E-state index in [1.54, 1.807) is 0 Å². The third kappa shape index (κ3) is 7.72. The molecule has 35 heavy (non-hydrogen) atoms. The van der Waals surface area contributed by atoms with Crippen LogP contribution in [0, 0.1) is 12.8 Å². The van der Waals surface area contributed by atoms with Crippen molar-refractivity contribution < 1.29 is 14.3 Å². The maximum Gasteiger partial charge on any atom is 0.258 e. The predicted octanol–water partition coefficient (Wildman–Crippen LogP) is 4.21. The average molecular weight is 502 g/mol. The number of nitrogens with zero attached hydrogens (tertiary/aromatic N) is 3. The summed E-state index contributed by atoms with van der Waals surface area (Å²) in [4.78, 5) is 24.9. The van der Waals surface area contributed by atoms with Crippen LogP contribution in [0.25, 0.3) is 0 Å². The van der Waals surface area contributed by atoms with Crippen LogP contribution in [0.4, 0.5) is 0 Å². The van der Waals surface area contributed by atoms with Gasteiger partial charge in [0.2, 0.25) is 5.91 Å². The Morgan fingerprint density at radius 2 is 1.97 bits per heavy atom. The molecule has 2 atom stereocenters. The molecule has 1 saturated carbocycles. The molecule has 9 heteroatoms. The van der Waals surface area contributed by atoms with Crippen LogP contribution in [-0.4, -0.2) is 45.0 Å². The van der Waals surface area contributed by atoms with E-state index < -0.39 is 0 Å². The van der Waals surface area contributed by atoms with Gasteiger partial charge in [0.25, 0.3) is 5.91 Å². The smallest absolute Gasteiger partial charge is 0.258 e. The Hall–Kier alpha value is -2.55. The molecule has 1 aliphatic rings. The highest BCUT2D eigenvalue weighted by molar-refractivity contribution is 7.99. The topological polar surface area (TPSA) is 98.1 Å². The number of hydrogen-bond donors (Lipinski definition) is 2. The minimum atomic E-state index is -0.220. The summed E-state index contributed by atoms with van der Waals surface area (Å²) in [5.41, 5.74) is 2.17. The first-order chi connectivity index (χ1) is 16.8. The fourth-order valence-electron chi connectivity index (χ4n) is 4.40. The number of amides is 2. The second-order valence-electron chi connectivity index (χ2n) is 9.63. The highest BCUT2D eigenvalue weighted by Gasteiger charge is 2.23. The monoisotopic (exact) mass is 501 g/mol. The molecule has 0 spiro atoms. The van der Waals surface area contributed by atoms with Crippen molar-refractivity contribution in [2.24, 2.45) is 5.92 Å². The van der Waals surface area contributed by atoms with Gasteiger partial charge in [0.1, 0.15) is 5.75 Å². The van der Waals surface area contributed by atoms with Crippen LogP contribution in [0.3, 0.4) is 0 Å². The lowest BCUT2D eigenvalue weighted by molar-refractivity contribution is -0.123. The number of benzene rings is 1. The number of rotatable bonds is 11. The van der Waals surface area contributed by atoms with E-state index in [9.17, 15) is 9.59 Å². The van der Waals surface area contributed by atoms with Gasteiger partial charge < -0.3 is 19.9 Å². The predicted molar refractivity (Wildman–Crippen MR) is 139 cm³/mol. The molecule has 1 heterocycles. The van der Waals surface area contributed by atoms with Crippen LogP contribution in [0.2, 0.25) is 0 Å². The zero-order valence-corrected chi connectivity index (χ0v) is 22.4. The Morgan fingerprint density at radius 3 is 2.69 bits per heavy atom.